The first-order valence-electron chi connectivity index (χ1n) is 6.71. The number of benzene rings is 1. The minimum atomic E-state index is -1.08. The summed E-state index contributed by atoms with van der Waals surface area (Å²) in [5.74, 6) is 0.288. The average molecular weight is 262 g/mol. The molecule has 2 atom stereocenters. The zero-order chi connectivity index (χ0) is 13.9. The molecule has 0 spiro atoms. The molecule has 2 rings (SSSR count). The van der Waals surface area contributed by atoms with Gasteiger partial charge in [0.1, 0.15) is 0 Å². The van der Waals surface area contributed by atoms with Gasteiger partial charge in [0.2, 0.25) is 0 Å². The SMILES string of the molecule is COC(=O)C(N)(CN1CCC(C)C1)c1ccccc1. The molecule has 2 N–H and O–H groups in total. The third kappa shape index (κ3) is 2.96. The molecule has 0 amide bonds. The van der Waals surface area contributed by atoms with Gasteiger partial charge in [0.15, 0.2) is 5.54 Å². The second-order valence-corrected chi connectivity index (χ2v) is 5.46. The average Bonchev–Trinajstić information content (AvgIpc) is 2.83. The van der Waals surface area contributed by atoms with Gasteiger partial charge in [-0.3, -0.25) is 0 Å². The Bertz CT molecular complexity index is 435. The predicted octanol–water partition coefficient (Wildman–Crippen LogP) is 1.36. The summed E-state index contributed by atoms with van der Waals surface area (Å²) in [4.78, 5) is 14.4. The highest BCUT2D eigenvalue weighted by Gasteiger charge is 2.40. The van der Waals surface area contributed by atoms with Crippen LogP contribution in [-0.2, 0) is 15.1 Å². The molecule has 0 aromatic heterocycles. The van der Waals surface area contributed by atoms with Crippen LogP contribution in [0.25, 0.3) is 0 Å². The van der Waals surface area contributed by atoms with Gasteiger partial charge in [0.05, 0.1) is 7.11 Å². The molecule has 0 saturated carbocycles. The second-order valence-electron chi connectivity index (χ2n) is 5.46. The molecular formula is C15H22N2O2. The van der Waals surface area contributed by atoms with Gasteiger partial charge < -0.3 is 15.4 Å². The summed E-state index contributed by atoms with van der Waals surface area (Å²) in [5, 5.41) is 0. The van der Waals surface area contributed by atoms with Crippen LogP contribution in [-0.4, -0.2) is 37.6 Å². The molecule has 0 aliphatic carbocycles. The largest absolute Gasteiger partial charge is 0.467 e. The summed E-state index contributed by atoms with van der Waals surface area (Å²) in [7, 11) is 1.39. The van der Waals surface area contributed by atoms with E-state index < -0.39 is 5.54 Å². The highest BCUT2D eigenvalue weighted by atomic mass is 16.5. The third-order valence-electron chi connectivity index (χ3n) is 3.82. The van der Waals surface area contributed by atoms with Crippen LogP contribution in [0.1, 0.15) is 18.9 Å². The number of esters is 1. The van der Waals surface area contributed by atoms with Gasteiger partial charge in [0, 0.05) is 13.1 Å². The number of rotatable bonds is 4. The van der Waals surface area contributed by atoms with E-state index in [0.29, 0.717) is 12.5 Å². The van der Waals surface area contributed by atoms with Crippen LogP contribution in [0, 0.1) is 5.92 Å². The van der Waals surface area contributed by atoms with E-state index in [1.807, 2.05) is 30.3 Å². The summed E-state index contributed by atoms with van der Waals surface area (Å²) in [6.07, 6.45) is 1.16. The van der Waals surface area contributed by atoms with Crippen molar-refractivity contribution in [3.8, 4) is 0 Å². The number of hydrogen-bond acceptors (Lipinski definition) is 4. The van der Waals surface area contributed by atoms with Gasteiger partial charge in [-0.25, -0.2) is 4.79 Å². The summed E-state index contributed by atoms with van der Waals surface area (Å²) < 4.78 is 4.92. The molecule has 4 nitrogen and oxygen atoms in total. The van der Waals surface area contributed by atoms with Gasteiger partial charge in [-0.05, 0) is 24.4 Å². The lowest BCUT2D eigenvalue weighted by molar-refractivity contribution is -0.148. The Morgan fingerprint density at radius 2 is 2.16 bits per heavy atom. The van der Waals surface area contributed by atoms with E-state index >= 15 is 0 Å². The van der Waals surface area contributed by atoms with Crippen molar-refractivity contribution in [2.24, 2.45) is 11.7 Å². The van der Waals surface area contributed by atoms with Crippen molar-refractivity contribution in [3.05, 3.63) is 35.9 Å². The molecule has 1 saturated heterocycles. The monoisotopic (exact) mass is 262 g/mol. The molecule has 4 heteroatoms. The van der Waals surface area contributed by atoms with Crippen molar-refractivity contribution in [2.75, 3.05) is 26.7 Å². The van der Waals surface area contributed by atoms with Crippen LogP contribution < -0.4 is 5.73 Å². The van der Waals surface area contributed by atoms with Crippen LogP contribution in [0.5, 0.6) is 0 Å². The molecule has 1 fully saturated rings. The summed E-state index contributed by atoms with van der Waals surface area (Å²) in [6.45, 7) is 4.71. The first-order chi connectivity index (χ1) is 9.06. The number of carbonyl (C=O) groups is 1. The summed E-state index contributed by atoms with van der Waals surface area (Å²) in [5.41, 5.74) is 6.11. The fourth-order valence-corrected chi connectivity index (χ4v) is 2.71. The standard InChI is InChI=1S/C15H22N2O2/c1-12-8-9-17(10-12)11-15(16,14(18)19-2)13-6-4-3-5-7-13/h3-7,12H,8-11,16H2,1-2H3. The van der Waals surface area contributed by atoms with E-state index in [-0.39, 0.29) is 5.97 Å². The molecule has 104 valence electrons. The van der Waals surface area contributed by atoms with E-state index in [9.17, 15) is 4.79 Å². The molecule has 1 aromatic carbocycles. The topological polar surface area (TPSA) is 55.6 Å². The van der Waals surface area contributed by atoms with Gasteiger partial charge >= 0.3 is 5.97 Å². The number of nitrogens with two attached hydrogens (primary N) is 1. The Balaban J connectivity index is 2.23. The van der Waals surface area contributed by atoms with Gasteiger partial charge in [-0.2, -0.15) is 0 Å². The van der Waals surface area contributed by atoms with Gasteiger partial charge in [0.25, 0.3) is 0 Å². The minimum Gasteiger partial charge on any atom is -0.467 e. The number of methoxy groups -OCH3 is 1. The lowest BCUT2D eigenvalue weighted by Crippen LogP contribution is -2.53. The molecule has 19 heavy (non-hydrogen) atoms. The van der Waals surface area contributed by atoms with Crippen LogP contribution >= 0.6 is 0 Å². The number of ether oxygens (including phenoxy) is 1. The second kappa shape index (κ2) is 5.72. The summed E-state index contributed by atoms with van der Waals surface area (Å²) >= 11 is 0. The maximum Gasteiger partial charge on any atom is 0.331 e. The van der Waals surface area contributed by atoms with E-state index in [0.717, 1.165) is 25.1 Å². The number of likely N-dealkylation sites (tertiary alicyclic amines) is 1. The molecule has 1 aliphatic rings. The Hall–Kier alpha value is -1.39. The van der Waals surface area contributed by atoms with Crippen molar-refractivity contribution in [1.82, 2.24) is 4.90 Å². The zero-order valence-corrected chi connectivity index (χ0v) is 11.6. The summed E-state index contributed by atoms with van der Waals surface area (Å²) in [6, 6.07) is 9.48. The minimum absolute atomic E-state index is 0.377. The maximum atomic E-state index is 12.1. The van der Waals surface area contributed by atoms with Gasteiger partial charge in [-0.15, -0.1) is 0 Å². The van der Waals surface area contributed by atoms with Crippen LogP contribution in [0.2, 0.25) is 0 Å². The smallest absolute Gasteiger partial charge is 0.331 e. The molecule has 1 aromatic rings. The van der Waals surface area contributed by atoms with Crippen molar-refractivity contribution in [3.63, 3.8) is 0 Å². The fraction of sp³-hybridized carbons (Fsp3) is 0.533. The first-order valence-corrected chi connectivity index (χ1v) is 6.71. The van der Waals surface area contributed by atoms with E-state index in [1.165, 1.54) is 7.11 Å². The third-order valence-corrected chi connectivity index (χ3v) is 3.82. The van der Waals surface area contributed by atoms with Crippen LogP contribution in [0.3, 0.4) is 0 Å². The van der Waals surface area contributed by atoms with Gasteiger partial charge in [-0.1, -0.05) is 37.3 Å². The predicted molar refractivity (Wildman–Crippen MR) is 74.5 cm³/mol. The lowest BCUT2D eigenvalue weighted by Gasteiger charge is -2.31. The number of hydrogen-bond donors (Lipinski definition) is 1. The Labute approximate surface area is 114 Å². The highest BCUT2D eigenvalue weighted by molar-refractivity contribution is 5.82. The molecule has 1 heterocycles. The number of nitrogens with zero attached hydrogens (tertiary/aromatic N) is 1. The zero-order valence-electron chi connectivity index (χ0n) is 11.6. The molecule has 0 radical (unpaired) electrons. The normalized spacial score (nSPS) is 23.0. The van der Waals surface area contributed by atoms with Crippen molar-refractivity contribution in [2.45, 2.75) is 18.9 Å². The Morgan fingerprint density at radius 3 is 2.68 bits per heavy atom. The van der Waals surface area contributed by atoms with E-state index in [1.54, 1.807) is 0 Å². The highest BCUT2D eigenvalue weighted by Crippen LogP contribution is 2.24. The molecular weight excluding hydrogens is 240 g/mol. The molecule has 1 aliphatic heterocycles. The van der Waals surface area contributed by atoms with Crippen molar-refractivity contribution >= 4 is 5.97 Å². The van der Waals surface area contributed by atoms with E-state index in [4.69, 9.17) is 10.5 Å². The Morgan fingerprint density at radius 1 is 1.47 bits per heavy atom. The quantitative estimate of drug-likeness (QED) is 0.832. The maximum absolute atomic E-state index is 12.1. The molecule has 2 unspecified atom stereocenters. The molecule has 0 bridgehead atoms. The van der Waals surface area contributed by atoms with E-state index in [2.05, 4.69) is 11.8 Å². The van der Waals surface area contributed by atoms with Crippen molar-refractivity contribution < 1.29 is 9.53 Å². The number of carbonyl (C=O) groups excluding carboxylic acids is 1. The fourth-order valence-electron chi connectivity index (χ4n) is 2.71. The lowest BCUT2D eigenvalue weighted by atomic mass is 9.90. The van der Waals surface area contributed by atoms with Crippen LogP contribution in [0.4, 0.5) is 0 Å². The van der Waals surface area contributed by atoms with Crippen LogP contribution in [0.15, 0.2) is 30.3 Å². The first kappa shape index (κ1) is 14.0. The van der Waals surface area contributed by atoms with Crippen molar-refractivity contribution in [1.29, 1.82) is 0 Å². The Kier molecular flexibility index (Phi) is 4.22.